The van der Waals surface area contributed by atoms with Crippen molar-refractivity contribution in [3.05, 3.63) is 90.4 Å². The largest absolute Gasteiger partial charge is 0.468 e. The maximum absolute atomic E-state index is 14.2. The molecule has 3 aliphatic rings. The van der Waals surface area contributed by atoms with Gasteiger partial charge in [0.2, 0.25) is 0 Å². The molecular weight excluding hydrogens is 604 g/mol. The van der Waals surface area contributed by atoms with Crippen molar-refractivity contribution in [1.82, 2.24) is 20.3 Å². The molecule has 3 aromatic rings. The highest BCUT2D eigenvalue weighted by Crippen LogP contribution is 2.48. The van der Waals surface area contributed by atoms with Gasteiger partial charge in [0.25, 0.3) is 0 Å². The number of nitrogens with one attached hydrogen (secondary N) is 4. The van der Waals surface area contributed by atoms with Gasteiger partial charge in [0, 0.05) is 68.6 Å². The number of rotatable bonds is 8. The number of ether oxygens (including phenoxy) is 2. The van der Waals surface area contributed by atoms with Gasteiger partial charge in [0.05, 0.1) is 12.8 Å². The summed E-state index contributed by atoms with van der Waals surface area (Å²) in [5, 5.41) is 5.69. The van der Waals surface area contributed by atoms with Crippen LogP contribution in [0, 0.1) is 38.5 Å². The van der Waals surface area contributed by atoms with Gasteiger partial charge in [-0.1, -0.05) is 32.9 Å². The van der Waals surface area contributed by atoms with E-state index in [1.165, 1.54) is 29.4 Å². The Balaban J connectivity index is 1.64. The summed E-state index contributed by atoms with van der Waals surface area (Å²) in [7, 11) is 1.31. The van der Waals surface area contributed by atoms with Gasteiger partial charge in [-0.15, -0.1) is 0 Å². The normalized spacial score (nSPS) is 23.7. The number of carbonyl (C=O) groups excluding carboxylic acids is 3. The zero-order valence-corrected chi connectivity index (χ0v) is 29.2. The lowest BCUT2D eigenvalue weighted by Gasteiger charge is -2.19. The average molecular weight is 651 g/mol. The zero-order valence-electron chi connectivity index (χ0n) is 29.2. The Morgan fingerprint density at radius 2 is 1.60 bits per heavy atom. The Hall–Kier alpha value is -4.79. The summed E-state index contributed by atoms with van der Waals surface area (Å²) in [6, 6.07) is 0. The van der Waals surface area contributed by atoms with E-state index in [4.69, 9.17) is 9.47 Å². The summed E-state index contributed by atoms with van der Waals surface area (Å²) in [4.78, 5) is 51.3. The van der Waals surface area contributed by atoms with Gasteiger partial charge in [-0.2, -0.15) is 0 Å². The fourth-order valence-corrected chi connectivity index (χ4v) is 7.81. The second kappa shape index (κ2) is 13.0. The molecule has 8 bridgehead atoms. The fourth-order valence-electron chi connectivity index (χ4n) is 7.81. The Morgan fingerprint density at radius 1 is 0.896 bits per heavy atom. The molecule has 1 fully saturated rings. The minimum absolute atomic E-state index is 0.0498. The predicted molar refractivity (Wildman–Crippen MR) is 187 cm³/mol. The number of hydrogen-bond acceptors (Lipinski definition) is 6. The van der Waals surface area contributed by atoms with E-state index < -0.39 is 11.9 Å². The Labute approximate surface area is 281 Å². The van der Waals surface area contributed by atoms with Gasteiger partial charge in [-0.05, 0) is 93.0 Å². The third-order valence-corrected chi connectivity index (χ3v) is 10.5. The van der Waals surface area contributed by atoms with Crippen LogP contribution in [0.5, 0.6) is 0 Å². The molecule has 9 nitrogen and oxygen atoms in total. The number of hydrogen-bond donors (Lipinski definition) is 4. The molecule has 0 unspecified atom stereocenters. The van der Waals surface area contributed by atoms with Crippen LogP contribution in [0.25, 0.3) is 23.8 Å². The highest BCUT2D eigenvalue weighted by molar-refractivity contribution is 6.24. The molecule has 1 saturated heterocycles. The van der Waals surface area contributed by atoms with E-state index in [0.29, 0.717) is 23.3 Å². The van der Waals surface area contributed by atoms with Crippen LogP contribution in [-0.2, 0) is 31.9 Å². The molecule has 3 atom stereocenters. The summed E-state index contributed by atoms with van der Waals surface area (Å²) < 4.78 is 10.7. The Morgan fingerprint density at radius 3 is 2.29 bits per heavy atom. The number of methoxy groups -OCH3 is 1. The Bertz CT molecular complexity index is 2050. The van der Waals surface area contributed by atoms with Crippen molar-refractivity contribution >= 4 is 41.5 Å². The SMILES string of the molecule is C/C=C/COC(=O)CC[C@@H]1/C2=C3/c4[nH]c(c(C)c4C(=O)[C@@H]3C(=O)OC)/C=c3\[nH]/c(c(C)c3CC)=C\c3[nH]c(c(C)c3CC)/C=C(\N2)[C@H]1C. The number of ketones is 1. The third kappa shape index (κ3) is 5.39. The van der Waals surface area contributed by atoms with Crippen LogP contribution in [0.4, 0.5) is 0 Å². The summed E-state index contributed by atoms with van der Waals surface area (Å²) >= 11 is 0. The lowest BCUT2D eigenvalue weighted by Crippen LogP contribution is -2.25. The van der Waals surface area contributed by atoms with Crippen LogP contribution >= 0.6 is 0 Å². The average Bonchev–Trinajstić information content (AvgIpc) is 3.80. The quantitative estimate of drug-likeness (QED) is 0.151. The maximum Gasteiger partial charge on any atom is 0.321 e. The van der Waals surface area contributed by atoms with Gasteiger partial charge in [-0.25, -0.2) is 0 Å². The molecule has 6 rings (SSSR count). The van der Waals surface area contributed by atoms with Gasteiger partial charge >= 0.3 is 11.9 Å². The smallest absolute Gasteiger partial charge is 0.321 e. The second-order valence-corrected chi connectivity index (χ2v) is 13.1. The lowest BCUT2D eigenvalue weighted by molar-refractivity contribution is -0.143. The van der Waals surface area contributed by atoms with Crippen LogP contribution < -0.4 is 16.0 Å². The molecule has 5 heterocycles. The molecule has 1 aliphatic carbocycles. The number of aromatic amines is 3. The third-order valence-electron chi connectivity index (χ3n) is 10.5. The topological polar surface area (TPSA) is 129 Å². The van der Waals surface area contributed by atoms with E-state index in [1.54, 1.807) is 6.08 Å². The first-order valence-corrected chi connectivity index (χ1v) is 17.0. The first-order chi connectivity index (χ1) is 23.0. The predicted octanol–water partition coefficient (Wildman–Crippen LogP) is 5.18. The number of H-pyrrole nitrogens is 3. The molecule has 0 aromatic carbocycles. The summed E-state index contributed by atoms with van der Waals surface area (Å²) in [5.41, 5.74) is 11.9. The molecule has 0 amide bonds. The molecule has 0 spiro atoms. The van der Waals surface area contributed by atoms with Gasteiger partial charge in [0.1, 0.15) is 12.5 Å². The number of aromatic nitrogens is 3. The zero-order chi connectivity index (χ0) is 34.4. The van der Waals surface area contributed by atoms with Crippen molar-refractivity contribution in [2.24, 2.45) is 17.8 Å². The number of esters is 2. The number of carbonyl (C=O) groups is 3. The van der Waals surface area contributed by atoms with Crippen molar-refractivity contribution in [1.29, 1.82) is 0 Å². The van der Waals surface area contributed by atoms with Crippen molar-refractivity contribution in [2.45, 2.75) is 74.1 Å². The van der Waals surface area contributed by atoms with E-state index in [9.17, 15) is 14.4 Å². The molecule has 3 aromatic heterocycles. The molecule has 252 valence electrons. The summed E-state index contributed by atoms with van der Waals surface area (Å²) in [5.74, 6) is -2.53. The van der Waals surface area contributed by atoms with Crippen molar-refractivity contribution < 1.29 is 23.9 Å². The van der Waals surface area contributed by atoms with E-state index in [-0.39, 0.29) is 36.6 Å². The van der Waals surface area contributed by atoms with E-state index in [0.717, 1.165) is 57.6 Å². The monoisotopic (exact) mass is 650 g/mol. The van der Waals surface area contributed by atoms with Crippen LogP contribution in [-0.4, -0.2) is 46.4 Å². The standard InChI is InChI=1S/C39H46N4O5/c1-9-12-15-48-32(44)14-13-25-21(6)28-16-26-19(4)23(10-2)30(40-26)17-27-20(5)24(11-3)31(41-27)18-29-22(7)33-37(43-29)34(36(25)42-28)35(38(33)45)39(46)47-8/h9,12,16-18,21,25,35,40-43H,10-11,13-15H2,1-8H3/b12-9+,27-17-,28-16-,31-18-,36-34-/t21-,25-,35+/m0/s1. The van der Waals surface area contributed by atoms with Crippen molar-refractivity contribution in [2.75, 3.05) is 13.7 Å². The van der Waals surface area contributed by atoms with Gasteiger partial charge < -0.3 is 29.7 Å². The minimum Gasteiger partial charge on any atom is -0.468 e. The molecule has 9 heteroatoms. The van der Waals surface area contributed by atoms with Crippen molar-refractivity contribution in [3.8, 4) is 0 Å². The van der Waals surface area contributed by atoms with Crippen LogP contribution in [0.1, 0.15) is 101 Å². The molecule has 2 aliphatic heterocycles. The maximum atomic E-state index is 14.2. The molecule has 4 N–H and O–H groups in total. The highest BCUT2D eigenvalue weighted by atomic mass is 16.5. The summed E-state index contributed by atoms with van der Waals surface area (Å²) in [6.45, 7) is 14.8. The molecule has 0 saturated carbocycles. The van der Waals surface area contributed by atoms with Crippen LogP contribution in [0.15, 0.2) is 23.5 Å². The first-order valence-electron chi connectivity index (χ1n) is 17.0. The molecular formula is C39H46N4O5. The van der Waals surface area contributed by atoms with Crippen LogP contribution in [0.3, 0.4) is 0 Å². The second-order valence-electron chi connectivity index (χ2n) is 13.1. The van der Waals surface area contributed by atoms with Crippen LogP contribution in [0.2, 0.25) is 0 Å². The molecule has 0 radical (unpaired) electrons. The minimum atomic E-state index is -1.12. The first kappa shape index (κ1) is 33.1. The number of fused-ring (bicyclic) bond motifs is 7. The van der Waals surface area contributed by atoms with E-state index >= 15 is 0 Å². The molecule has 48 heavy (non-hydrogen) atoms. The Kier molecular flexibility index (Phi) is 8.98. The van der Waals surface area contributed by atoms with Gasteiger partial charge in [-0.3, -0.25) is 14.4 Å². The van der Waals surface area contributed by atoms with E-state index in [2.05, 4.69) is 73.1 Å². The van der Waals surface area contributed by atoms with E-state index in [1.807, 2.05) is 19.9 Å². The van der Waals surface area contributed by atoms with Crippen molar-refractivity contribution in [3.63, 3.8) is 0 Å². The van der Waals surface area contributed by atoms with Gasteiger partial charge in [0.15, 0.2) is 5.78 Å². The lowest BCUT2D eigenvalue weighted by atomic mass is 9.85. The number of allylic oxidation sites excluding steroid dienone is 3. The fraction of sp³-hybridized carbons (Fsp3) is 0.410. The highest BCUT2D eigenvalue weighted by Gasteiger charge is 2.48. The summed E-state index contributed by atoms with van der Waals surface area (Å²) in [6.07, 6.45) is 12.4. The number of Topliss-reactive ketones (excluding diaryl/α,β-unsaturated/α-hetero) is 1.